The number of halogens is 3. The quantitative estimate of drug-likeness (QED) is 0.567. The summed E-state index contributed by atoms with van der Waals surface area (Å²) in [6.45, 7) is 2.65. The number of hydrogen-bond donors (Lipinski definition) is 1. The Hall–Kier alpha value is -2.36. The number of hydrogen-bond acceptors (Lipinski definition) is 4. The Morgan fingerprint density at radius 3 is 2.38 bits per heavy atom. The number of carbonyl (C=O) groups is 2. The molecule has 11 heteroatoms. The van der Waals surface area contributed by atoms with Crippen LogP contribution in [-0.4, -0.2) is 50.5 Å². The van der Waals surface area contributed by atoms with E-state index in [9.17, 15) is 22.4 Å². The molecule has 0 bridgehead atoms. The van der Waals surface area contributed by atoms with Crippen LogP contribution in [0.2, 0.25) is 10.0 Å². The van der Waals surface area contributed by atoms with Crippen LogP contribution in [0.3, 0.4) is 0 Å². The van der Waals surface area contributed by atoms with E-state index in [4.69, 9.17) is 23.2 Å². The number of nitrogens with one attached hydrogen (secondary N) is 1. The molecule has 1 atom stereocenters. The highest BCUT2D eigenvalue weighted by atomic mass is 35.5. The number of likely N-dealkylation sites (N-methyl/N-ethyl adjacent to an activating group) is 1. The number of carbonyl (C=O) groups excluding carboxylic acids is 2. The third kappa shape index (κ3) is 6.34. The van der Waals surface area contributed by atoms with Crippen molar-refractivity contribution in [3.63, 3.8) is 0 Å². The van der Waals surface area contributed by atoms with Crippen molar-refractivity contribution in [1.29, 1.82) is 0 Å². The summed E-state index contributed by atoms with van der Waals surface area (Å²) in [7, 11) is -3.95. The summed E-state index contributed by atoms with van der Waals surface area (Å²) < 4.78 is 40.0. The highest BCUT2D eigenvalue weighted by Crippen LogP contribution is 2.33. The van der Waals surface area contributed by atoms with Crippen molar-refractivity contribution in [1.82, 2.24) is 10.2 Å². The zero-order valence-electron chi connectivity index (χ0n) is 17.8. The predicted molar refractivity (Wildman–Crippen MR) is 124 cm³/mol. The smallest absolute Gasteiger partial charge is 0.244 e. The van der Waals surface area contributed by atoms with E-state index in [1.54, 1.807) is 13.0 Å². The van der Waals surface area contributed by atoms with Gasteiger partial charge in [-0.1, -0.05) is 47.5 Å². The second-order valence-electron chi connectivity index (χ2n) is 7.03. The van der Waals surface area contributed by atoms with E-state index >= 15 is 0 Å². The highest BCUT2D eigenvalue weighted by Gasteiger charge is 2.31. The first-order valence-corrected chi connectivity index (χ1v) is 12.3. The molecule has 32 heavy (non-hydrogen) atoms. The van der Waals surface area contributed by atoms with Crippen LogP contribution in [0.25, 0.3) is 0 Å². The number of sulfonamides is 1. The summed E-state index contributed by atoms with van der Waals surface area (Å²) in [6.07, 6.45) is 0.923. The minimum absolute atomic E-state index is 0.0199. The number of amides is 2. The van der Waals surface area contributed by atoms with Gasteiger partial charge >= 0.3 is 0 Å². The number of anilines is 1. The van der Waals surface area contributed by atoms with Crippen molar-refractivity contribution in [2.45, 2.75) is 26.4 Å². The Kier molecular flexibility index (Phi) is 8.89. The zero-order chi connectivity index (χ0) is 24.1. The Labute approximate surface area is 197 Å². The summed E-state index contributed by atoms with van der Waals surface area (Å²) in [5.41, 5.74) is 0.204. The largest absolute Gasteiger partial charge is 0.355 e. The lowest BCUT2D eigenvalue weighted by molar-refractivity contribution is -0.139. The Morgan fingerprint density at radius 1 is 1.12 bits per heavy atom. The van der Waals surface area contributed by atoms with Crippen molar-refractivity contribution < 1.29 is 22.4 Å². The van der Waals surface area contributed by atoms with Crippen molar-refractivity contribution in [3.05, 3.63) is 63.9 Å². The van der Waals surface area contributed by atoms with Crippen LogP contribution in [0.15, 0.2) is 42.5 Å². The van der Waals surface area contributed by atoms with Crippen LogP contribution >= 0.6 is 23.2 Å². The van der Waals surface area contributed by atoms with E-state index in [2.05, 4.69) is 5.32 Å². The second-order valence-corrected chi connectivity index (χ2v) is 9.72. The molecule has 0 aliphatic carbocycles. The topological polar surface area (TPSA) is 86.8 Å². The van der Waals surface area contributed by atoms with Gasteiger partial charge in [-0.2, -0.15) is 0 Å². The molecular weight excluding hydrogens is 480 g/mol. The van der Waals surface area contributed by atoms with Gasteiger partial charge in [0.1, 0.15) is 18.4 Å². The number of rotatable bonds is 9. The third-order valence-electron chi connectivity index (χ3n) is 4.70. The standard InChI is InChI=1S/C21H24Cl2FN3O4S/c1-4-25-21(29)14(2)26(12-15-8-5-6-10-17(15)24)19(28)13-27(32(3,30)31)18-11-7-9-16(22)20(18)23/h5-11,14H,4,12-13H2,1-3H3,(H,25,29)/t14-/m0/s1. The van der Waals surface area contributed by atoms with E-state index in [0.29, 0.717) is 6.54 Å². The number of nitrogens with zero attached hydrogens (tertiary/aromatic N) is 2. The van der Waals surface area contributed by atoms with Gasteiger partial charge in [-0.05, 0) is 32.0 Å². The third-order valence-corrected chi connectivity index (χ3v) is 6.63. The first-order chi connectivity index (χ1) is 15.0. The SMILES string of the molecule is CCNC(=O)[C@H](C)N(Cc1ccccc1F)C(=O)CN(c1cccc(Cl)c1Cl)S(C)(=O)=O. The lowest BCUT2D eigenvalue weighted by atomic mass is 10.1. The summed E-state index contributed by atoms with van der Waals surface area (Å²) in [5, 5.41) is 2.69. The lowest BCUT2D eigenvalue weighted by Gasteiger charge is -2.31. The first-order valence-electron chi connectivity index (χ1n) is 9.69. The van der Waals surface area contributed by atoms with Crippen LogP contribution in [0.4, 0.5) is 10.1 Å². The Balaban J connectivity index is 2.45. The summed E-state index contributed by atoms with van der Waals surface area (Å²) >= 11 is 12.2. The van der Waals surface area contributed by atoms with Crippen LogP contribution in [-0.2, 0) is 26.2 Å². The molecule has 1 N–H and O–H groups in total. The van der Waals surface area contributed by atoms with E-state index in [1.165, 1.54) is 43.3 Å². The fourth-order valence-electron chi connectivity index (χ4n) is 2.99. The van der Waals surface area contributed by atoms with E-state index in [1.807, 2.05) is 0 Å². The monoisotopic (exact) mass is 503 g/mol. The van der Waals surface area contributed by atoms with Crippen molar-refractivity contribution in [2.24, 2.45) is 0 Å². The van der Waals surface area contributed by atoms with Gasteiger partial charge in [0.05, 0.1) is 22.0 Å². The van der Waals surface area contributed by atoms with Crippen LogP contribution in [0.1, 0.15) is 19.4 Å². The Morgan fingerprint density at radius 2 is 1.78 bits per heavy atom. The molecule has 0 fully saturated rings. The van der Waals surface area contributed by atoms with Gasteiger partial charge in [0.15, 0.2) is 0 Å². The Bertz CT molecular complexity index is 1100. The highest BCUT2D eigenvalue weighted by molar-refractivity contribution is 7.92. The average molecular weight is 504 g/mol. The molecule has 2 rings (SSSR count). The van der Waals surface area contributed by atoms with Gasteiger partial charge in [0.2, 0.25) is 21.8 Å². The fourth-order valence-corrected chi connectivity index (χ4v) is 4.30. The fraction of sp³-hybridized carbons (Fsp3) is 0.333. The van der Waals surface area contributed by atoms with E-state index in [0.717, 1.165) is 15.5 Å². The summed E-state index contributed by atoms with van der Waals surface area (Å²) in [6, 6.07) is 9.25. The molecule has 2 aromatic rings. The first kappa shape index (κ1) is 25.9. The molecule has 0 saturated heterocycles. The summed E-state index contributed by atoms with van der Waals surface area (Å²) in [4.78, 5) is 26.8. The normalized spacial score (nSPS) is 12.2. The van der Waals surface area contributed by atoms with Gasteiger partial charge < -0.3 is 10.2 Å². The molecule has 0 heterocycles. The van der Waals surface area contributed by atoms with Crippen molar-refractivity contribution >= 4 is 50.7 Å². The molecular formula is C21H24Cl2FN3O4S. The van der Waals surface area contributed by atoms with Gasteiger partial charge in [-0.3, -0.25) is 13.9 Å². The molecule has 0 radical (unpaired) electrons. The maximum atomic E-state index is 14.3. The molecule has 0 aromatic heterocycles. The number of benzene rings is 2. The molecule has 7 nitrogen and oxygen atoms in total. The van der Waals surface area contributed by atoms with Crippen LogP contribution in [0, 0.1) is 5.82 Å². The maximum Gasteiger partial charge on any atom is 0.244 e. The molecule has 174 valence electrons. The second kappa shape index (κ2) is 11.0. The van der Waals surface area contributed by atoms with Crippen molar-refractivity contribution in [2.75, 3.05) is 23.7 Å². The van der Waals surface area contributed by atoms with Crippen molar-refractivity contribution in [3.8, 4) is 0 Å². The average Bonchev–Trinajstić information content (AvgIpc) is 2.72. The maximum absolute atomic E-state index is 14.3. The van der Waals surface area contributed by atoms with Crippen LogP contribution < -0.4 is 9.62 Å². The zero-order valence-corrected chi connectivity index (χ0v) is 20.1. The molecule has 0 unspecified atom stereocenters. The van der Waals surface area contributed by atoms with Gasteiger partial charge in [0.25, 0.3) is 0 Å². The van der Waals surface area contributed by atoms with Gasteiger partial charge in [-0.15, -0.1) is 0 Å². The minimum Gasteiger partial charge on any atom is -0.355 e. The van der Waals surface area contributed by atoms with E-state index in [-0.39, 0.29) is 27.8 Å². The molecule has 2 aromatic carbocycles. The molecule has 0 spiro atoms. The molecule has 2 amide bonds. The van der Waals surface area contributed by atoms with E-state index < -0.39 is 40.2 Å². The van der Waals surface area contributed by atoms with Crippen LogP contribution in [0.5, 0.6) is 0 Å². The molecule has 0 saturated carbocycles. The predicted octanol–water partition coefficient (Wildman–Crippen LogP) is 3.45. The van der Waals surface area contributed by atoms with Gasteiger partial charge in [0, 0.05) is 18.7 Å². The lowest BCUT2D eigenvalue weighted by Crippen LogP contribution is -2.51. The molecule has 0 aliphatic rings. The minimum atomic E-state index is -3.95. The molecule has 0 aliphatic heterocycles. The summed E-state index contributed by atoms with van der Waals surface area (Å²) in [5.74, 6) is -1.72. The van der Waals surface area contributed by atoms with Gasteiger partial charge in [-0.25, -0.2) is 12.8 Å².